The summed E-state index contributed by atoms with van der Waals surface area (Å²) in [5.41, 5.74) is 10.4. The normalized spacial score (nSPS) is 13.2. The molecule has 0 amide bonds. The Morgan fingerprint density at radius 3 is 2.44 bits per heavy atom. The van der Waals surface area contributed by atoms with E-state index >= 15 is 0 Å². The Morgan fingerprint density at radius 2 is 1.76 bits per heavy atom. The zero-order chi connectivity index (χ0) is 24.0. The average molecular weight is 583 g/mol. The maximum atomic E-state index is 12.7. The highest BCUT2D eigenvalue weighted by atomic mass is 127. The fraction of sp³-hybridized carbons (Fsp3) is 0.120. The lowest BCUT2D eigenvalue weighted by atomic mass is 9.81. The summed E-state index contributed by atoms with van der Waals surface area (Å²) in [5, 5.41) is 9.56. The largest absolute Gasteiger partial charge is 0.313 e. The van der Waals surface area contributed by atoms with Crippen molar-refractivity contribution in [2.24, 2.45) is 19.8 Å². The Kier molecular flexibility index (Phi) is 5.75. The van der Waals surface area contributed by atoms with Gasteiger partial charge in [-0.05, 0) is 69.6 Å². The molecule has 0 saturated heterocycles. The van der Waals surface area contributed by atoms with Gasteiger partial charge in [0.15, 0.2) is 0 Å². The molecule has 2 aromatic carbocycles. The van der Waals surface area contributed by atoms with E-state index < -0.39 is 5.54 Å². The number of nitrogens with zero attached hydrogens (tertiary/aromatic N) is 5. The number of hydrogen-bond acceptors (Lipinski definition) is 5. The van der Waals surface area contributed by atoms with Crippen molar-refractivity contribution in [2.45, 2.75) is 5.54 Å². The summed E-state index contributed by atoms with van der Waals surface area (Å²) in [4.78, 5) is 17.4. The Hall–Kier alpha value is -3.08. The number of rotatable bonds is 4. The molecule has 0 radical (unpaired) electrons. The molecule has 34 heavy (non-hydrogen) atoms. The third-order valence-corrected chi connectivity index (χ3v) is 7.04. The number of benzene rings is 2. The van der Waals surface area contributed by atoms with Crippen molar-refractivity contribution in [3.8, 4) is 11.1 Å². The Morgan fingerprint density at radius 1 is 1.00 bits per heavy atom. The van der Waals surface area contributed by atoms with Crippen molar-refractivity contribution in [3.63, 3.8) is 0 Å². The van der Waals surface area contributed by atoms with Crippen LogP contribution in [0.1, 0.15) is 16.8 Å². The van der Waals surface area contributed by atoms with Gasteiger partial charge in [0.1, 0.15) is 11.2 Å². The first-order valence-electron chi connectivity index (χ1n) is 10.5. The second kappa shape index (κ2) is 8.61. The van der Waals surface area contributed by atoms with Gasteiger partial charge in [-0.1, -0.05) is 41.1 Å². The second-order valence-corrected chi connectivity index (χ2v) is 9.80. The molecule has 0 aliphatic heterocycles. The van der Waals surface area contributed by atoms with Crippen molar-refractivity contribution in [1.82, 2.24) is 24.5 Å². The van der Waals surface area contributed by atoms with E-state index in [1.54, 1.807) is 36.3 Å². The van der Waals surface area contributed by atoms with Crippen LogP contribution in [0.5, 0.6) is 0 Å². The van der Waals surface area contributed by atoms with Crippen LogP contribution < -0.4 is 11.3 Å². The molecule has 9 heteroatoms. The molecule has 0 unspecified atom stereocenters. The average Bonchev–Trinajstić information content (AvgIpc) is 3.27. The highest BCUT2D eigenvalue weighted by molar-refractivity contribution is 14.1. The lowest BCUT2D eigenvalue weighted by Gasteiger charge is -2.30. The molecule has 1 atom stereocenters. The van der Waals surface area contributed by atoms with Gasteiger partial charge in [0.05, 0.1) is 11.9 Å². The fourth-order valence-electron chi connectivity index (χ4n) is 4.26. The summed E-state index contributed by atoms with van der Waals surface area (Å²) in [5.74, 6) is 0. The first-order chi connectivity index (χ1) is 16.3. The van der Waals surface area contributed by atoms with Gasteiger partial charge in [-0.15, -0.1) is 5.10 Å². The number of halogens is 2. The maximum Gasteiger partial charge on any atom is 0.252 e. The molecule has 170 valence electrons. The van der Waals surface area contributed by atoms with Gasteiger partial charge in [-0.2, -0.15) is 0 Å². The van der Waals surface area contributed by atoms with Crippen molar-refractivity contribution in [3.05, 3.63) is 109 Å². The fourth-order valence-corrected chi connectivity index (χ4v) is 4.81. The zero-order valence-electron chi connectivity index (χ0n) is 18.4. The van der Waals surface area contributed by atoms with Gasteiger partial charge in [-0.3, -0.25) is 9.36 Å². The van der Waals surface area contributed by atoms with E-state index in [0.717, 1.165) is 31.2 Å². The lowest BCUT2D eigenvalue weighted by molar-refractivity contribution is 0.562. The topological polar surface area (TPSA) is 91.6 Å². The molecular weight excluding hydrogens is 563 g/mol. The molecule has 0 bridgehead atoms. The summed E-state index contributed by atoms with van der Waals surface area (Å²) in [6.07, 6.45) is 3.38. The maximum absolute atomic E-state index is 12.7. The van der Waals surface area contributed by atoms with Crippen LogP contribution in [0.15, 0.2) is 77.9 Å². The third-order valence-electron chi connectivity index (χ3n) is 6.08. The summed E-state index contributed by atoms with van der Waals surface area (Å²) in [7, 11) is 3.52. The standard InChI is InChI=1S/C25H20ClIN6O/c1-32-23(34)12-20(15-4-3-5-18(26)10-15)21-11-17(13-29-24(21)32)25(28,22-14-30-31-33(22)2)16-6-8-19(27)9-7-16/h3-14H,28H2,1-2H3/t25-/m1/s1. The third kappa shape index (κ3) is 3.71. The van der Waals surface area contributed by atoms with E-state index in [4.69, 9.17) is 22.3 Å². The number of fused-ring (bicyclic) bond motifs is 1. The van der Waals surface area contributed by atoms with Crippen LogP contribution in [0.3, 0.4) is 0 Å². The summed E-state index contributed by atoms with van der Waals surface area (Å²) in [6, 6.07) is 19.0. The molecule has 3 heterocycles. The van der Waals surface area contributed by atoms with E-state index in [-0.39, 0.29) is 5.56 Å². The van der Waals surface area contributed by atoms with E-state index in [1.807, 2.05) is 55.6 Å². The van der Waals surface area contributed by atoms with Crippen LogP contribution in [0.25, 0.3) is 22.2 Å². The van der Waals surface area contributed by atoms with Gasteiger partial charge in [-0.25, -0.2) is 9.67 Å². The van der Waals surface area contributed by atoms with E-state index in [2.05, 4.69) is 32.9 Å². The van der Waals surface area contributed by atoms with Gasteiger partial charge >= 0.3 is 0 Å². The number of aromatic nitrogens is 5. The Bertz CT molecular complexity index is 1590. The highest BCUT2D eigenvalue weighted by Gasteiger charge is 2.36. The van der Waals surface area contributed by atoms with Gasteiger partial charge in [0.25, 0.3) is 5.56 Å². The van der Waals surface area contributed by atoms with Crippen LogP contribution in [-0.4, -0.2) is 24.5 Å². The molecule has 0 spiro atoms. The first kappa shape index (κ1) is 22.7. The quantitative estimate of drug-likeness (QED) is 0.320. The minimum Gasteiger partial charge on any atom is -0.313 e. The van der Waals surface area contributed by atoms with Crippen LogP contribution >= 0.6 is 34.2 Å². The van der Waals surface area contributed by atoms with Crippen molar-refractivity contribution in [2.75, 3.05) is 0 Å². The van der Waals surface area contributed by atoms with Gasteiger partial charge < -0.3 is 5.73 Å². The van der Waals surface area contributed by atoms with Crippen LogP contribution in [-0.2, 0) is 19.6 Å². The summed E-state index contributed by atoms with van der Waals surface area (Å²) < 4.78 is 4.30. The Labute approximate surface area is 214 Å². The van der Waals surface area contributed by atoms with Crippen LogP contribution in [0, 0.1) is 3.57 Å². The van der Waals surface area contributed by atoms with Crippen LogP contribution in [0.2, 0.25) is 5.02 Å². The molecule has 7 nitrogen and oxygen atoms in total. The smallest absolute Gasteiger partial charge is 0.252 e. The lowest BCUT2D eigenvalue weighted by Crippen LogP contribution is -2.41. The second-order valence-electron chi connectivity index (χ2n) is 8.12. The minimum absolute atomic E-state index is 0.157. The zero-order valence-corrected chi connectivity index (χ0v) is 21.3. The SMILES string of the molecule is Cn1nncc1[C@@](N)(c1ccc(I)cc1)c1cnc2c(c1)c(-c1cccc(Cl)c1)cc(=O)n2C. The molecule has 0 saturated carbocycles. The van der Waals surface area contributed by atoms with Gasteiger partial charge in [0.2, 0.25) is 0 Å². The van der Waals surface area contributed by atoms with Gasteiger partial charge in [0, 0.05) is 45.9 Å². The first-order valence-corrected chi connectivity index (χ1v) is 11.9. The van der Waals surface area contributed by atoms with E-state index in [9.17, 15) is 4.79 Å². The number of pyridine rings is 2. The highest BCUT2D eigenvalue weighted by Crippen LogP contribution is 2.36. The van der Waals surface area contributed by atoms with E-state index in [1.165, 1.54) is 4.57 Å². The predicted molar refractivity (Wildman–Crippen MR) is 142 cm³/mol. The number of nitrogens with two attached hydrogens (primary N) is 1. The molecule has 3 aromatic heterocycles. The molecule has 2 N–H and O–H groups in total. The molecular formula is C25H20ClIN6O. The molecule has 0 fully saturated rings. The van der Waals surface area contributed by atoms with Crippen molar-refractivity contribution in [1.29, 1.82) is 0 Å². The molecule has 5 rings (SSSR count). The molecule has 0 aliphatic rings. The monoisotopic (exact) mass is 582 g/mol. The molecule has 0 aliphatic carbocycles. The number of hydrogen-bond donors (Lipinski definition) is 1. The Balaban J connectivity index is 1.84. The minimum atomic E-state index is -1.08. The molecule has 5 aromatic rings. The van der Waals surface area contributed by atoms with Crippen molar-refractivity contribution >= 4 is 45.2 Å². The van der Waals surface area contributed by atoms with Crippen LogP contribution in [0.4, 0.5) is 0 Å². The van der Waals surface area contributed by atoms with E-state index in [0.29, 0.717) is 16.4 Å². The number of aryl methyl sites for hydroxylation is 2. The summed E-state index contributed by atoms with van der Waals surface area (Å²) >= 11 is 8.53. The summed E-state index contributed by atoms with van der Waals surface area (Å²) in [6.45, 7) is 0. The van der Waals surface area contributed by atoms with Crippen molar-refractivity contribution < 1.29 is 0 Å². The predicted octanol–water partition coefficient (Wildman–Crippen LogP) is 4.24.